The maximum atomic E-state index is 13.1. The molecule has 30 heavy (non-hydrogen) atoms. The van der Waals surface area contributed by atoms with Crippen LogP contribution >= 0.6 is 0 Å². The summed E-state index contributed by atoms with van der Waals surface area (Å²) in [6, 6.07) is 8.89. The monoisotopic (exact) mass is 456 g/mol. The maximum absolute atomic E-state index is 13.1. The van der Waals surface area contributed by atoms with Crippen LogP contribution in [0.15, 0.2) is 41.3 Å². The van der Waals surface area contributed by atoms with Crippen LogP contribution in [0.4, 0.5) is 11.4 Å². The normalized spacial score (nSPS) is 16.0. The number of sulfonamides is 2. The van der Waals surface area contributed by atoms with Gasteiger partial charge in [0.2, 0.25) is 10.0 Å². The Bertz CT molecular complexity index is 1130. The van der Waals surface area contributed by atoms with E-state index in [-0.39, 0.29) is 27.8 Å². The SMILES string of the molecule is COc1ccc(NS(=O)(=O)c2cc(N3CCCCS3(=O)=O)ccc2OC)cc1OC. The van der Waals surface area contributed by atoms with Gasteiger partial charge in [-0.2, -0.15) is 0 Å². The van der Waals surface area contributed by atoms with Crippen molar-refractivity contribution < 1.29 is 31.0 Å². The molecule has 1 aliphatic heterocycles. The van der Waals surface area contributed by atoms with Gasteiger partial charge in [-0.05, 0) is 43.2 Å². The minimum absolute atomic E-state index is 0.0327. The zero-order chi connectivity index (χ0) is 21.9. The number of hydrogen-bond acceptors (Lipinski definition) is 7. The van der Waals surface area contributed by atoms with Crippen molar-refractivity contribution >= 4 is 31.4 Å². The molecule has 1 fully saturated rings. The molecule has 9 nitrogen and oxygen atoms in total. The first-order chi connectivity index (χ1) is 14.2. The second-order valence-electron chi connectivity index (χ2n) is 6.61. The first-order valence-corrected chi connectivity index (χ1v) is 12.2. The largest absolute Gasteiger partial charge is 0.495 e. The summed E-state index contributed by atoms with van der Waals surface area (Å²) < 4.78 is 70.3. The molecule has 0 aromatic heterocycles. The summed E-state index contributed by atoms with van der Waals surface area (Å²) in [6.45, 7) is 0.303. The minimum atomic E-state index is -4.09. The summed E-state index contributed by atoms with van der Waals surface area (Å²) in [4.78, 5) is -0.168. The molecule has 164 valence electrons. The van der Waals surface area contributed by atoms with Crippen molar-refractivity contribution in [3.63, 3.8) is 0 Å². The molecule has 1 aliphatic rings. The van der Waals surface area contributed by atoms with Gasteiger partial charge in [0.25, 0.3) is 10.0 Å². The van der Waals surface area contributed by atoms with Gasteiger partial charge in [0.1, 0.15) is 10.6 Å². The Hall–Kier alpha value is -2.66. The number of anilines is 2. The van der Waals surface area contributed by atoms with Crippen molar-refractivity contribution in [2.75, 3.05) is 42.7 Å². The Labute approximate surface area is 176 Å². The highest BCUT2D eigenvalue weighted by molar-refractivity contribution is 7.93. The van der Waals surface area contributed by atoms with E-state index in [1.165, 1.54) is 56.0 Å². The van der Waals surface area contributed by atoms with E-state index in [2.05, 4.69) is 4.72 Å². The van der Waals surface area contributed by atoms with E-state index in [0.717, 1.165) is 0 Å². The lowest BCUT2D eigenvalue weighted by molar-refractivity contribution is 0.355. The molecule has 0 bridgehead atoms. The second kappa shape index (κ2) is 8.60. The first-order valence-electron chi connectivity index (χ1n) is 9.15. The molecule has 1 saturated heterocycles. The van der Waals surface area contributed by atoms with Crippen LogP contribution in [0.5, 0.6) is 17.2 Å². The molecule has 11 heteroatoms. The number of nitrogens with zero attached hydrogens (tertiary/aromatic N) is 1. The Morgan fingerprint density at radius 3 is 2.20 bits per heavy atom. The fraction of sp³-hybridized carbons (Fsp3) is 0.368. The maximum Gasteiger partial charge on any atom is 0.265 e. The third kappa shape index (κ3) is 4.41. The quantitative estimate of drug-likeness (QED) is 0.681. The summed E-state index contributed by atoms with van der Waals surface area (Å²) in [6.07, 6.45) is 1.29. The van der Waals surface area contributed by atoms with Gasteiger partial charge >= 0.3 is 0 Å². The molecule has 2 aromatic rings. The zero-order valence-corrected chi connectivity index (χ0v) is 18.5. The molecular formula is C19H24N2O7S2. The molecule has 0 atom stereocenters. The van der Waals surface area contributed by atoms with Gasteiger partial charge in [0, 0.05) is 12.6 Å². The molecule has 0 unspecified atom stereocenters. The van der Waals surface area contributed by atoms with E-state index < -0.39 is 20.0 Å². The van der Waals surface area contributed by atoms with E-state index in [4.69, 9.17) is 14.2 Å². The predicted octanol–water partition coefficient (Wildman–Crippen LogP) is 2.44. The highest BCUT2D eigenvalue weighted by atomic mass is 32.2. The van der Waals surface area contributed by atoms with Crippen LogP contribution in [0, 0.1) is 0 Å². The van der Waals surface area contributed by atoms with Gasteiger partial charge in [-0.3, -0.25) is 9.03 Å². The van der Waals surface area contributed by atoms with E-state index >= 15 is 0 Å². The van der Waals surface area contributed by atoms with Crippen molar-refractivity contribution in [1.29, 1.82) is 0 Å². The molecular weight excluding hydrogens is 432 g/mol. The highest BCUT2D eigenvalue weighted by Crippen LogP contribution is 2.34. The van der Waals surface area contributed by atoms with Crippen LogP contribution in [-0.4, -0.2) is 50.5 Å². The number of ether oxygens (including phenoxy) is 3. The van der Waals surface area contributed by atoms with Crippen LogP contribution in [0.3, 0.4) is 0 Å². The van der Waals surface area contributed by atoms with Crippen LogP contribution < -0.4 is 23.2 Å². The average Bonchev–Trinajstić information content (AvgIpc) is 2.72. The lowest BCUT2D eigenvalue weighted by Gasteiger charge is -2.28. The molecule has 0 spiro atoms. The lowest BCUT2D eigenvalue weighted by Crippen LogP contribution is -2.37. The van der Waals surface area contributed by atoms with E-state index in [9.17, 15) is 16.8 Å². The number of rotatable bonds is 7. The molecule has 1 heterocycles. The number of nitrogens with one attached hydrogen (secondary N) is 1. The number of hydrogen-bond donors (Lipinski definition) is 1. The molecule has 0 amide bonds. The minimum Gasteiger partial charge on any atom is -0.495 e. The summed E-state index contributed by atoms with van der Waals surface area (Å²) in [7, 11) is -3.30. The summed E-state index contributed by atoms with van der Waals surface area (Å²) in [5.74, 6) is 0.944. The second-order valence-corrected chi connectivity index (χ2v) is 10.3. The van der Waals surface area contributed by atoms with Gasteiger partial charge in [-0.1, -0.05) is 0 Å². The van der Waals surface area contributed by atoms with Gasteiger partial charge in [-0.25, -0.2) is 16.8 Å². The topological polar surface area (TPSA) is 111 Å². The fourth-order valence-electron chi connectivity index (χ4n) is 3.22. The van der Waals surface area contributed by atoms with Crippen LogP contribution in [0.2, 0.25) is 0 Å². The predicted molar refractivity (Wildman–Crippen MR) is 114 cm³/mol. The van der Waals surface area contributed by atoms with Gasteiger partial charge in [-0.15, -0.1) is 0 Å². The highest BCUT2D eigenvalue weighted by Gasteiger charge is 2.29. The third-order valence-corrected chi connectivity index (χ3v) is 7.98. The van der Waals surface area contributed by atoms with Crippen molar-refractivity contribution in [2.24, 2.45) is 0 Å². The van der Waals surface area contributed by atoms with Crippen molar-refractivity contribution in [1.82, 2.24) is 0 Å². The first kappa shape index (κ1) is 22.0. The van der Waals surface area contributed by atoms with Crippen LogP contribution in [0.1, 0.15) is 12.8 Å². The average molecular weight is 457 g/mol. The Morgan fingerprint density at radius 2 is 1.57 bits per heavy atom. The van der Waals surface area contributed by atoms with Gasteiger partial charge in [0.05, 0.1) is 38.5 Å². The summed E-state index contributed by atoms with van der Waals surface area (Å²) in [5, 5.41) is 0. The van der Waals surface area contributed by atoms with E-state index in [1.807, 2.05) is 0 Å². The smallest absolute Gasteiger partial charge is 0.265 e. The lowest BCUT2D eigenvalue weighted by atomic mass is 10.2. The summed E-state index contributed by atoms with van der Waals surface area (Å²) >= 11 is 0. The van der Waals surface area contributed by atoms with Crippen molar-refractivity contribution in [3.8, 4) is 17.2 Å². The molecule has 0 radical (unpaired) electrons. The van der Waals surface area contributed by atoms with E-state index in [0.29, 0.717) is 30.9 Å². The molecule has 1 N–H and O–H groups in total. The van der Waals surface area contributed by atoms with Crippen LogP contribution in [0.25, 0.3) is 0 Å². The van der Waals surface area contributed by atoms with Gasteiger partial charge in [0.15, 0.2) is 11.5 Å². The Morgan fingerprint density at radius 1 is 0.900 bits per heavy atom. The van der Waals surface area contributed by atoms with Crippen LogP contribution in [-0.2, 0) is 20.0 Å². The molecule has 2 aromatic carbocycles. The Kier molecular flexibility index (Phi) is 6.32. The third-order valence-electron chi connectivity index (χ3n) is 4.71. The number of benzene rings is 2. The zero-order valence-electron chi connectivity index (χ0n) is 16.9. The fourth-order valence-corrected chi connectivity index (χ4v) is 6.09. The van der Waals surface area contributed by atoms with Crippen molar-refractivity contribution in [3.05, 3.63) is 36.4 Å². The standard InChI is InChI=1S/C19H24N2O7S2/c1-26-16-8-6-14(12-18(16)28-3)20-30(24,25)19-13-15(7-9-17(19)27-2)21-10-4-5-11-29(21,22)23/h6-9,12-13,20H,4-5,10-11H2,1-3H3. The molecule has 3 rings (SSSR count). The van der Waals surface area contributed by atoms with E-state index in [1.54, 1.807) is 6.07 Å². The summed E-state index contributed by atoms with van der Waals surface area (Å²) in [5.41, 5.74) is 0.536. The molecule has 0 saturated carbocycles. The number of methoxy groups -OCH3 is 3. The van der Waals surface area contributed by atoms with Crippen molar-refractivity contribution in [2.45, 2.75) is 17.7 Å². The van der Waals surface area contributed by atoms with Gasteiger partial charge < -0.3 is 14.2 Å². The Balaban J connectivity index is 2.00. The molecule has 0 aliphatic carbocycles.